The number of carbonyl (C=O) groups is 1. The van der Waals surface area contributed by atoms with Crippen LogP contribution in [0.3, 0.4) is 0 Å². The predicted molar refractivity (Wildman–Crippen MR) is 65.5 cm³/mol. The van der Waals surface area contributed by atoms with E-state index >= 15 is 0 Å². The smallest absolute Gasteiger partial charge is 0.341 e. The van der Waals surface area contributed by atoms with Gasteiger partial charge in [0.1, 0.15) is 5.56 Å². The summed E-state index contributed by atoms with van der Waals surface area (Å²) >= 11 is 3.07. The molecule has 0 bridgehead atoms. The van der Waals surface area contributed by atoms with E-state index in [1.54, 1.807) is 0 Å². The van der Waals surface area contributed by atoms with Crippen LogP contribution in [0.25, 0.3) is 10.9 Å². The molecule has 0 saturated heterocycles. The number of hydrogen-bond donors (Lipinski definition) is 2. The molecule has 0 aliphatic carbocycles. The molecule has 0 fully saturated rings. The van der Waals surface area contributed by atoms with Crippen molar-refractivity contribution in [1.82, 2.24) is 4.98 Å². The first-order valence-corrected chi connectivity index (χ1v) is 5.39. The highest BCUT2D eigenvalue weighted by Crippen LogP contribution is 2.07. The molecule has 0 atom stereocenters. The average Bonchev–Trinajstić information content (AvgIpc) is 2.41. The molecule has 2 aromatic rings. The van der Waals surface area contributed by atoms with Crippen molar-refractivity contribution in [2.45, 2.75) is 0 Å². The van der Waals surface area contributed by atoms with Gasteiger partial charge in [-0.05, 0) is 28.1 Å². The summed E-state index contributed by atoms with van der Waals surface area (Å²) in [6, 6.07) is 4.41. The fourth-order valence-electron chi connectivity index (χ4n) is 1.48. The van der Waals surface area contributed by atoms with Crippen LogP contribution in [0.5, 0.6) is 0 Å². The van der Waals surface area contributed by atoms with E-state index in [1.807, 2.05) is 0 Å². The molecule has 86 valence electrons. The van der Waals surface area contributed by atoms with Crippen molar-refractivity contribution in [2.75, 3.05) is 0 Å². The minimum atomic E-state index is -1.33. The third kappa shape index (κ3) is 1.87. The SMILES string of the molecule is O=C(O)c1c[nH]c2c(=O)c(Br)cccc2c1=O. The van der Waals surface area contributed by atoms with Crippen molar-refractivity contribution in [3.63, 3.8) is 0 Å². The normalized spacial score (nSPS) is 10.4. The van der Waals surface area contributed by atoms with Crippen LogP contribution in [0.15, 0.2) is 38.5 Å². The molecule has 17 heavy (non-hydrogen) atoms. The van der Waals surface area contributed by atoms with Crippen molar-refractivity contribution >= 4 is 32.8 Å². The Kier molecular flexibility index (Phi) is 2.81. The molecule has 2 rings (SSSR count). The zero-order valence-corrected chi connectivity index (χ0v) is 9.95. The molecule has 1 aromatic carbocycles. The van der Waals surface area contributed by atoms with Gasteiger partial charge in [0.25, 0.3) is 0 Å². The van der Waals surface area contributed by atoms with Gasteiger partial charge in [-0.2, -0.15) is 0 Å². The lowest BCUT2D eigenvalue weighted by Gasteiger charge is -1.95. The molecule has 0 amide bonds. The fourth-order valence-corrected chi connectivity index (χ4v) is 1.83. The summed E-state index contributed by atoms with van der Waals surface area (Å²) in [6.07, 6.45) is 1.03. The predicted octanol–water partition coefficient (Wildman–Crippen LogP) is 1.35. The quantitative estimate of drug-likeness (QED) is 0.831. The summed E-state index contributed by atoms with van der Waals surface area (Å²) in [6.45, 7) is 0. The Morgan fingerprint density at radius 1 is 1.24 bits per heavy atom. The number of carboxylic acid groups (broad SMARTS) is 1. The van der Waals surface area contributed by atoms with Crippen LogP contribution in [-0.2, 0) is 0 Å². The molecule has 0 aliphatic heterocycles. The molecule has 2 N–H and O–H groups in total. The van der Waals surface area contributed by atoms with Crippen molar-refractivity contribution in [3.05, 3.63) is 54.9 Å². The van der Waals surface area contributed by atoms with Gasteiger partial charge in [-0.3, -0.25) is 9.59 Å². The monoisotopic (exact) mass is 295 g/mol. The molecule has 0 spiro atoms. The Morgan fingerprint density at radius 3 is 2.59 bits per heavy atom. The van der Waals surface area contributed by atoms with E-state index in [0.29, 0.717) is 4.47 Å². The average molecular weight is 296 g/mol. The third-order valence-corrected chi connectivity index (χ3v) is 2.92. The maximum Gasteiger partial charge on any atom is 0.341 e. The van der Waals surface area contributed by atoms with Crippen LogP contribution < -0.4 is 10.9 Å². The van der Waals surface area contributed by atoms with Crippen LogP contribution in [0.2, 0.25) is 0 Å². The van der Waals surface area contributed by atoms with Crippen LogP contribution in [-0.4, -0.2) is 16.1 Å². The number of rotatable bonds is 1. The fraction of sp³-hybridized carbons (Fsp3) is 0. The van der Waals surface area contributed by atoms with Gasteiger partial charge in [0, 0.05) is 6.20 Å². The van der Waals surface area contributed by atoms with E-state index in [-0.39, 0.29) is 21.9 Å². The summed E-state index contributed by atoms with van der Waals surface area (Å²) < 4.78 is 0.297. The van der Waals surface area contributed by atoms with Crippen LogP contribution in [0.4, 0.5) is 0 Å². The first kappa shape index (κ1) is 11.5. The maximum atomic E-state index is 11.8. The first-order chi connectivity index (χ1) is 8.02. The minimum Gasteiger partial charge on any atom is -0.477 e. The van der Waals surface area contributed by atoms with Gasteiger partial charge < -0.3 is 10.1 Å². The number of nitrogens with one attached hydrogen (secondary N) is 1. The summed E-state index contributed by atoms with van der Waals surface area (Å²) in [7, 11) is 0. The molecule has 1 aromatic heterocycles. The molecule has 5 nitrogen and oxygen atoms in total. The Hall–Kier alpha value is -1.95. The van der Waals surface area contributed by atoms with Crippen LogP contribution in [0, 0.1) is 0 Å². The summed E-state index contributed by atoms with van der Waals surface area (Å²) in [5.41, 5.74) is -1.37. The lowest BCUT2D eigenvalue weighted by atomic mass is 10.2. The lowest BCUT2D eigenvalue weighted by Crippen LogP contribution is -2.17. The van der Waals surface area contributed by atoms with E-state index in [9.17, 15) is 14.4 Å². The number of hydrogen-bond acceptors (Lipinski definition) is 3. The van der Waals surface area contributed by atoms with Gasteiger partial charge in [0.2, 0.25) is 10.9 Å². The Bertz CT molecular complexity index is 736. The molecule has 0 saturated carbocycles. The van der Waals surface area contributed by atoms with Crippen molar-refractivity contribution in [3.8, 4) is 0 Å². The minimum absolute atomic E-state index is 0.0561. The van der Waals surface area contributed by atoms with Gasteiger partial charge in [0.05, 0.1) is 15.4 Å². The Balaban J connectivity index is 3.06. The highest BCUT2D eigenvalue weighted by molar-refractivity contribution is 9.10. The zero-order valence-electron chi connectivity index (χ0n) is 8.36. The highest BCUT2D eigenvalue weighted by Gasteiger charge is 2.12. The Morgan fingerprint density at radius 2 is 1.94 bits per heavy atom. The summed E-state index contributed by atoms with van der Waals surface area (Å²) in [5, 5.41) is 8.86. The molecular weight excluding hydrogens is 290 g/mol. The van der Waals surface area contributed by atoms with Gasteiger partial charge in [-0.25, -0.2) is 4.79 Å². The number of fused-ring (bicyclic) bond motifs is 1. The van der Waals surface area contributed by atoms with Crippen molar-refractivity contribution in [1.29, 1.82) is 0 Å². The van der Waals surface area contributed by atoms with E-state index in [4.69, 9.17) is 5.11 Å². The van der Waals surface area contributed by atoms with E-state index in [0.717, 1.165) is 6.20 Å². The van der Waals surface area contributed by atoms with Crippen LogP contribution >= 0.6 is 15.9 Å². The van der Waals surface area contributed by atoms with Gasteiger partial charge in [-0.1, -0.05) is 6.07 Å². The standard InChI is InChI=1S/C11H6BrNO4/c12-7-3-1-2-5-8(10(7)15)13-4-6(9(5)14)11(16)17/h1-4H,(H,13,14)(H,16,17). The van der Waals surface area contributed by atoms with Crippen molar-refractivity contribution in [2.24, 2.45) is 0 Å². The summed E-state index contributed by atoms with van der Waals surface area (Å²) in [5.74, 6) is -1.33. The number of aromatic nitrogens is 1. The number of H-pyrrole nitrogens is 1. The zero-order chi connectivity index (χ0) is 12.6. The third-order valence-electron chi connectivity index (χ3n) is 2.30. The largest absolute Gasteiger partial charge is 0.477 e. The number of aromatic carboxylic acids is 1. The molecule has 1 heterocycles. The molecule has 6 heteroatoms. The number of carboxylic acids is 1. The van der Waals surface area contributed by atoms with E-state index in [2.05, 4.69) is 20.9 Å². The first-order valence-electron chi connectivity index (χ1n) is 4.60. The molecule has 0 radical (unpaired) electrons. The lowest BCUT2D eigenvalue weighted by molar-refractivity contribution is 0.0695. The van der Waals surface area contributed by atoms with E-state index in [1.165, 1.54) is 18.2 Å². The second-order valence-electron chi connectivity index (χ2n) is 3.33. The van der Waals surface area contributed by atoms with Crippen LogP contribution in [0.1, 0.15) is 10.4 Å². The number of aromatic amines is 1. The number of halogens is 1. The molecule has 0 unspecified atom stereocenters. The molecule has 0 aliphatic rings. The Labute approximate surface area is 103 Å². The van der Waals surface area contributed by atoms with Gasteiger partial charge in [0.15, 0.2) is 0 Å². The second-order valence-corrected chi connectivity index (χ2v) is 4.18. The summed E-state index contributed by atoms with van der Waals surface area (Å²) in [4.78, 5) is 36.9. The second kappa shape index (κ2) is 4.14. The highest BCUT2D eigenvalue weighted by atomic mass is 79.9. The van der Waals surface area contributed by atoms with Crippen molar-refractivity contribution < 1.29 is 9.90 Å². The topological polar surface area (TPSA) is 87.2 Å². The van der Waals surface area contributed by atoms with E-state index < -0.39 is 11.4 Å². The maximum absolute atomic E-state index is 11.8. The number of pyridine rings is 1. The molecular formula is C11H6BrNO4. The van der Waals surface area contributed by atoms with Gasteiger partial charge >= 0.3 is 5.97 Å². The van der Waals surface area contributed by atoms with Gasteiger partial charge in [-0.15, -0.1) is 0 Å².